The minimum absolute atomic E-state index is 0.0428. The third-order valence-electron chi connectivity index (χ3n) is 17.6. The van der Waals surface area contributed by atoms with E-state index >= 15 is 0 Å². The van der Waals surface area contributed by atoms with Gasteiger partial charge in [-0.25, -0.2) is 9.13 Å². The molecular weight excluding hydrogens is 1430 g/mol. The molecule has 0 aliphatic carbocycles. The molecule has 0 heterocycles. The topological polar surface area (TPSA) is 231 Å². The van der Waals surface area contributed by atoms with Gasteiger partial charge < -0.3 is 34.2 Å². The maximum absolute atomic E-state index is 13.0. The maximum atomic E-state index is 13.0. The van der Waals surface area contributed by atoms with E-state index in [9.17, 15) is 43.5 Å². The van der Waals surface area contributed by atoms with Crippen molar-refractivity contribution in [2.24, 2.45) is 0 Å². The first-order valence-electron chi connectivity index (χ1n) is 43.1. The zero-order chi connectivity index (χ0) is 80.8. The van der Waals surface area contributed by atoms with Crippen molar-refractivity contribution in [3.8, 4) is 0 Å². The van der Waals surface area contributed by atoms with Gasteiger partial charge in [-0.3, -0.25) is 32.5 Å². The Hall–Kier alpha value is -5.35. The Balaban J connectivity index is 4.70. The van der Waals surface area contributed by atoms with E-state index in [0.717, 1.165) is 161 Å². The van der Waals surface area contributed by atoms with Crippen molar-refractivity contribution in [2.75, 3.05) is 39.6 Å². The molecule has 0 aromatic heterocycles. The molecule has 0 rings (SSSR count). The highest BCUT2D eigenvalue weighted by molar-refractivity contribution is 7.47. The average Bonchev–Trinajstić information content (AvgIpc) is 0.901. The van der Waals surface area contributed by atoms with Crippen LogP contribution in [0.2, 0.25) is 0 Å². The predicted molar refractivity (Wildman–Crippen MR) is 463 cm³/mol. The quantitative estimate of drug-likeness (QED) is 0.0146. The highest BCUT2D eigenvalue weighted by atomic mass is 31.2. The average molecular weight is 1590 g/mol. The summed E-state index contributed by atoms with van der Waals surface area (Å²) in [5.74, 6) is -1.64. The second kappa shape index (κ2) is 84.1. The third-order valence-corrected chi connectivity index (χ3v) is 19.5. The highest BCUT2D eigenvalue weighted by Gasteiger charge is 2.29. The number of phosphoric acid groups is 2. The molecule has 0 aliphatic rings. The third kappa shape index (κ3) is 85.4. The van der Waals surface area contributed by atoms with Crippen LogP contribution in [-0.4, -0.2) is 95.9 Å². The molecule has 632 valence electrons. The Kier molecular flexibility index (Phi) is 80.0. The zero-order valence-corrected chi connectivity index (χ0v) is 71.1. The van der Waals surface area contributed by atoms with E-state index in [-0.39, 0.29) is 19.3 Å². The molecule has 16 nitrogen and oxygen atoms in total. The van der Waals surface area contributed by atoms with Crippen molar-refractivity contribution in [2.45, 2.75) is 347 Å². The van der Waals surface area contributed by atoms with Gasteiger partial charge in [0.25, 0.3) is 0 Å². The van der Waals surface area contributed by atoms with Gasteiger partial charge in [0.15, 0.2) is 6.10 Å². The summed E-state index contributed by atoms with van der Waals surface area (Å²) >= 11 is 0. The molecule has 0 spiro atoms. The lowest BCUT2D eigenvalue weighted by atomic mass is 10.0. The van der Waals surface area contributed by atoms with Crippen molar-refractivity contribution < 1.29 is 75.8 Å². The van der Waals surface area contributed by atoms with Crippen LogP contribution in [0.15, 0.2) is 182 Å². The van der Waals surface area contributed by atoms with Gasteiger partial charge in [-0.05, 0) is 161 Å². The van der Waals surface area contributed by atoms with E-state index in [4.69, 9.17) is 32.3 Å². The number of aliphatic hydroxyl groups excluding tert-OH is 2. The molecule has 5 unspecified atom stereocenters. The predicted octanol–water partition coefficient (Wildman–Crippen LogP) is 26.1. The fraction of sp³-hybridized carbons (Fsp3) is 0.645. The molecule has 0 bridgehead atoms. The van der Waals surface area contributed by atoms with Gasteiger partial charge in [0.2, 0.25) is 0 Å². The molecule has 4 N–H and O–H groups in total. The number of carbonyl (C=O) groups is 3. The van der Waals surface area contributed by atoms with Crippen LogP contribution in [0.3, 0.4) is 0 Å². The summed E-state index contributed by atoms with van der Waals surface area (Å²) in [6, 6.07) is 0. The maximum Gasteiger partial charge on any atom is 0.472 e. The summed E-state index contributed by atoms with van der Waals surface area (Å²) in [6.45, 7) is 2.38. The molecule has 0 saturated carbocycles. The van der Waals surface area contributed by atoms with Crippen LogP contribution in [-0.2, 0) is 55.8 Å². The fourth-order valence-electron chi connectivity index (χ4n) is 11.1. The lowest BCUT2D eigenvalue weighted by Gasteiger charge is -2.21. The number of phosphoric ester groups is 2. The molecule has 111 heavy (non-hydrogen) atoms. The van der Waals surface area contributed by atoms with E-state index in [2.05, 4.69) is 203 Å². The van der Waals surface area contributed by atoms with Gasteiger partial charge in [-0.15, -0.1) is 0 Å². The van der Waals surface area contributed by atoms with Crippen molar-refractivity contribution in [1.29, 1.82) is 0 Å². The SMILES string of the molecule is CC/C=C\C/C=C\C/C=C\C/C=C\C/C=C\C/C=C\CCCCC(=O)OC(COC(=O)CCCCCCCCCCCCC/C=C\C/C=C\C/C=C\C/C=C\CCCCC)COP(=O)(O)OCC(O)COP(=O)(O)OCC(O)COC(=O)CCCCCCCCCCCCC/C=C\C/C=C\C/C=C\C/C=C\C/C=C\CC. The minimum Gasteiger partial charge on any atom is -0.463 e. The first-order chi connectivity index (χ1) is 54.2. The second-order valence-corrected chi connectivity index (χ2v) is 31.1. The molecule has 0 aromatic carbocycles. The number of hydrogen-bond acceptors (Lipinski definition) is 14. The summed E-state index contributed by atoms with van der Waals surface area (Å²) in [4.78, 5) is 58.9. The van der Waals surface area contributed by atoms with Gasteiger partial charge in [-0.1, -0.05) is 331 Å². The number of hydrogen-bond donors (Lipinski definition) is 4. The summed E-state index contributed by atoms with van der Waals surface area (Å²) < 4.78 is 61.3. The number of esters is 3. The van der Waals surface area contributed by atoms with Gasteiger partial charge in [0, 0.05) is 19.3 Å². The largest absolute Gasteiger partial charge is 0.472 e. The first-order valence-corrected chi connectivity index (χ1v) is 46.1. The smallest absolute Gasteiger partial charge is 0.463 e. The number of aliphatic hydroxyl groups is 2. The molecule has 5 atom stereocenters. The summed E-state index contributed by atoms with van der Waals surface area (Å²) in [5, 5.41) is 20.7. The van der Waals surface area contributed by atoms with Crippen molar-refractivity contribution in [3.63, 3.8) is 0 Å². The first kappa shape index (κ1) is 106. The molecule has 0 fully saturated rings. The van der Waals surface area contributed by atoms with Crippen LogP contribution in [0.1, 0.15) is 329 Å². The molecule has 18 heteroatoms. The number of rotatable bonds is 80. The number of unbranched alkanes of at least 4 members (excludes halogenated alkanes) is 27. The van der Waals surface area contributed by atoms with Gasteiger partial charge in [-0.2, -0.15) is 0 Å². The summed E-state index contributed by atoms with van der Waals surface area (Å²) in [6.07, 6.45) is 109. The molecule has 0 amide bonds. The van der Waals surface area contributed by atoms with Crippen LogP contribution in [0.25, 0.3) is 0 Å². The van der Waals surface area contributed by atoms with Crippen molar-refractivity contribution in [1.82, 2.24) is 0 Å². The minimum atomic E-state index is -4.96. The standard InChI is InChI=1S/C93H154O16P2/c1-4-7-10-13-16-19-22-25-28-31-34-37-39-41-43-45-47-50-52-55-58-61-64-67-70-73-76-79-91(96)103-82-88(94)83-105-110(99,100)106-84-89(95)85-107-111(101,102)108-87-90(109-93(98)81-78-75-72-69-66-63-60-57-54-49-36-33-30-27-24-21-18-15-12-9-6-3)86-104-92(97)80-77-74-71-68-65-62-59-56-53-51-48-46-44-42-40-38-35-32-29-26-23-20-17-14-11-8-5-2/h7,9-10,12,16-21,25-30,34-38,41-44,49,57,60,66,69,88-90,94-95H,4-6,8,11,13-15,22-24,31-33,39-40,45-48,50-56,58-59,61-65,67-68,70-87H2,1-3H3,(H,99,100)(H,101,102)/b10-7-,12-9-,19-16-,20-17-,21-18-,28-25-,29-26-,30-27-,37-34-,38-35-,43-41-,44-42-,49-36-,60-57-,69-66-. The second-order valence-electron chi connectivity index (χ2n) is 28.2. The van der Waals surface area contributed by atoms with Crippen LogP contribution in [0.5, 0.6) is 0 Å². The van der Waals surface area contributed by atoms with E-state index in [1.807, 2.05) is 0 Å². The Morgan fingerprint density at radius 2 is 0.477 bits per heavy atom. The van der Waals surface area contributed by atoms with Crippen molar-refractivity contribution in [3.05, 3.63) is 182 Å². The highest BCUT2D eigenvalue weighted by Crippen LogP contribution is 2.45. The van der Waals surface area contributed by atoms with Gasteiger partial charge in [0.05, 0.1) is 26.4 Å². The Morgan fingerprint density at radius 3 is 0.775 bits per heavy atom. The van der Waals surface area contributed by atoms with Crippen molar-refractivity contribution >= 4 is 33.6 Å². The Bertz CT molecular complexity index is 2750. The number of carbonyl (C=O) groups excluding carboxylic acids is 3. The molecular formula is C93H154O16P2. The Labute approximate surface area is 675 Å². The van der Waals surface area contributed by atoms with Gasteiger partial charge in [0.1, 0.15) is 25.4 Å². The molecule has 0 aliphatic heterocycles. The normalized spacial score (nSPS) is 14.8. The van der Waals surface area contributed by atoms with E-state index in [0.29, 0.717) is 25.7 Å². The summed E-state index contributed by atoms with van der Waals surface area (Å²) in [7, 11) is -9.83. The fourth-order valence-corrected chi connectivity index (χ4v) is 12.7. The molecule has 0 saturated heterocycles. The Morgan fingerprint density at radius 1 is 0.261 bits per heavy atom. The zero-order valence-electron chi connectivity index (χ0n) is 69.3. The lowest BCUT2D eigenvalue weighted by Crippen LogP contribution is -2.30. The monoisotopic (exact) mass is 1590 g/mol. The molecule has 0 aromatic rings. The number of allylic oxidation sites excluding steroid dienone is 30. The van der Waals surface area contributed by atoms with E-state index in [1.54, 1.807) is 0 Å². The summed E-state index contributed by atoms with van der Waals surface area (Å²) in [5.41, 5.74) is 0. The van der Waals surface area contributed by atoms with Crippen LogP contribution >= 0.6 is 15.6 Å². The van der Waals surface area contributed by atoms with Crippen LogP contribution in [0, 0.1) is 0 Å². The lowest BCUT2D eigenvalue weighted by molar-refractivity contribution is -0.161. The number of ether oxygens (including phenoxy) is 3. The van der Waals surface area contributed by atoms with E-state index < -0.39 is 91.5 Å². The van der Waals surface area contributed by atoms with Crippen LogP contribution in [0.4, 0.5) is 0 Å². The van der Waals surface area contributed by atoms with Crippen LogP contribution < -0.4 is 0 Å². The molecule has 0 radical (unpaired) electrons. The van der Waals surface area contributed by atoms with E-state index in [1.165, 1.54) is 103 Å². The van der Waals surface area contributed by atoms with Gasteiger partial charge >= 0.3 is 33.6 Å².